The molecule has 0 saturated carbocycles. The van der Waals surface area contributed by atoms with Gasteiger partial charge in [-0.1, -0.05) is 63.5 Å². The summed E-state index contributed by atoms with van der Waals surface area (Å²) in [5, 5.41) is 0. The van der Waals surface area contributed by atoms with E-state index in [1.807, 2.05) is 74.7 Å². The molecule has 0 bridgehead atoms. The van der Waals surface area contributed by atoms with Crippen LogP contribution in [0.5, 0.6) is 0 Å². The van der Waals surface area contributed by atoms with Crippen LogP contribution in [0.2, 0.25) is 0 Å². The van der Waals surface area contributed by atoms with Gasteiger partial charge in [-0.15, -0.1) is 0 Å². The van der Waals surface area contributed by atoms with Crippen LogP contribution >= 0.6 is 0 Å². The first-order valence-corrected chi connectivity index (χ1v) is 13.9. The van der Waals surface area contributed by atoms with Crippen molar-refractivity contribution in [3.05, 3.63) is 88.8 Å². The van der Waals surface area contributed by atoms with Gasteiger partial charge < -0.3 is 9.14 Å². The average Bonchev–Trinajstić information content (AvgIpc) is 3.23. The fourth-order valence-electron chi connectivity index (χ4n) is 4.66. The molecule has 0 aliphatic rings. The van der Waals surface area contributed by atoms with E-state index < -0.39 is 11.6 Å². The maximum Gasteiger partial charge on any atom is 0.137 e. The summed E-state index contributed by atoms with van der Waals surface area (Å²) in [6, 6.07) is 6.82. The van der Waals surface area contributed by atoms with Crippen LogP contribution in [0.1, 0.15) is 83.5 Å². The zero-order valence-corrected chi connectivity index (χ0v) is 23.8. The van der Waals surface area contributed by atoms with E-state index in [-0.39, 0.29) is 11.7 Å². The Balaban J connectivity index is 2.17. The van der Waals surface area contributed by atoms with Crippen molar-refractivity contribution in [2.24, 2.45) is 0 Å². The normalized spacial score (nSPS) is 13.7. The summed E-state index contributed by atoms with van der Waals surface area (Å²) in [5.74, 6) is -1.22. The van der Waals surface area contributed by atoms with Crippen molar-refractivity contribution in [1.82, 2.24) is 9.38 Å². The number of fused-ring (bicyclic) bond motifs is 1. The number of imidazole rings is 1. The summed E-state index contributed by atoms with van der Waals surface area (Å²) in [4.78, 5) is 4.76. The number of halogens is 2. The standard InChI is InChI=1S/C33H42F2N2O/c1-7-11-13-15-27(24(6)10-4)25-20-28(34)32(29(35)21-25)33-30(22-26(14-12-8-2)38-18-9-3)37-17-16-23(5)19-31(37)36-33/h7,11,13,15-17,19-21,26H,8-10,12,14,18,22H2,1-6H3/b11-7-,15-13-,27-24+. The second kappa shape index (κ2) is 14.2. The van der Waals surface area contributed by atoms with Crippen molar-refractivity contribution in [2.45, 2.75) is 86.2 Å². The van der Waals surface area contributed by atoms with Gasteiger partial charge in [-0.3, -0.25) is 0 Å². The lowest BCUT2D eigenvalue weighted by Crippen LogP contribution is -2.18. The molecule has 0 N–H and O–H groups in total. The van der Waals surface area contributed by atoms with Crippen molar-refractivity contribution in [3.8, 4) is 11.3 Å². The second-order valence-corrected chi connectivity index (χ2v) is 9.93. The fraction of sp³-hybridized carbons (Fsp3) is 0.424. The quantitative estimate of drug-likeness (QED) is 0.210. The molecule has 2 heterocycles. The molecule has 0 spiro atoms. The van der Waals surface area contributed by atoms with Gasteiger partial charge in [0.15, 0.2) is 0 Å². The smallest absolute Gasteiger partial charge is 0.137 e. The Morgan fingerprint density at radius 3 is 2.45 bits per heavy atom. The SMILES string of the molecule is C\C=C/C=C\C(=C(\C)CC)c1cc(F)c(-c2nc3cc(C)ccn3c2CC(CCCC)OCCC)c(F)c1. The molecule has 1 aromatic carbocycles. The molecule has 0 fully saturated rings. The maximum atomic E-state index is 15.9. The Morgan fingerprint density at radius 2 is 1.82 bits per heavy atom. The maximum absolute atomic E-state index is 15.9. The number of ether oxygens (including phenoxy) is 1. The lowest BCUT2D eigenvalue weighted by Gasteiger charge is -2.19. The van der Waals surface area contributed by atoms with Gasteiger partial charge in [0, 0.05) is 19.2 Å². The van der Waals surface area contributed by atoms with E-state index in [1.54, 1.807) is 0 Å². The van der Waals surface area contributed by atoms with Crippen molar-refractivity contribution < 1.29 is 13.5 Å². The topological polar surface area (TPSA) is 26.5 Å². The lowest BCUT2D eigenvalue weighted by molar-refractivity contribution is 0.0460. The molecule has 3 rings (SSSR count). The molecule has 5 heteroatoms. The number of hydrogen-bond acceptors (Lipinski definition) is 2. The molecule has 2 aromatic heterocycles. The van der Waals surface area contributed by atoms with Gasteiger partial charge in [-0.25, -0.2) is 13.8 Å². The molecule has 0 amide bonds. The Hall–Kier alpha value is -3.05. The molecule has 0 aliphatic heterocycles. The van der Waals surface area contributed by atoms with Crippen molar-refractivity contribution >= 4 is 11.2 Å². The highest BCUT2D eigenvalue weighted by Gasteiger charge is 2.24. The molecule has 1 atom stereocenters. The van der Waals surface area contributed by atoms with Crippen molar-refractivity contribution in [3.63, 3.8) is 0 Å². The van der Waals surface area contributed by atoms with Crippen molar-refractivity contribution in [2.75, 3.05) is 6.61 Å². The molecule has 0 saturated heterocycles. The van der Waals surface area contributed by atoms with E-state index in [9.17, 15) is 0 Å². The van der Waals surface area contributed by atoms with E-state index in [1.165, 1.54) is 12.1 Å². The van der Waals surface area contributed by atoms with Gasteiger partial charge in [0.2, 0.25) is 0 Å². The summed E-state index contributed by atoms with van der Waals surface area (Å²) in [5.41, 5.74) is 5.18. The van der Waals surface area contributed by atoms with E-state index in [4.69, 9.17) is 9.72 Å². The van der Waals surface area contributed by atoms with Crippen LogP contribution in [0.4, 0.5) is 8.78 Å². The van der Waals surface area contributed by atoms with Crippen LogP contribution in [0.15, 0.2) is 60.3 Å². The number of aromatic nitrogens is 2. The first kappa shape index (κ1) is 29.5. The van der Waals surface area contributed by atoms with Crippen LogP contribution in [-0.2, 0) is 11.2 Å². The number of allylic oxidation sites excluding steroid dienone is 6. The zero-order chi connectivity index (χ0) is 27.7. The highest BCUT2D eigenvalue weighted by atomic mass is 19.1. The van der Waals surface area contributed by atoms with Gasteiger partial charge in [-0.05, 0) is 81.0 Å². The molecule has 38 heavy (non-hydrogen) atoms. The van der Waals surface area contributed by atoms with E-state index >= 15 is 8.78 Å². The summed E-state index contributed by atoms with van der Waals surface area (Å²) in [7, 11) is 0. The Bertz CT molecular complexity index is 1290. The predicted octanol–water partition coefficient (Wildman–Crippen LogP) is 9.43. The monoisotopic (exact) mass is 520 g/mol. The number of pyridine rings is 1. The van der Waals surface area contributed by atoms with Gasteiger partial charge in [0.1, 0.15) is 17.3 Å². The minimum absolute atomic E-state index is 0.0428. The third-order valence-electron chi connectivity index (χ3n) is 6.89. The van der Waals surface area contributed by atoms with E-state index in [0.29, 0.717) is 29.9 Å². The largest absolute Gasteiger partial charge is 0.378 e. The molecule has 204 valence electrons. The predicted molar refractivity (Wildman–Crippen MR) is 155 cm³/mol. The van der Waals surface area contributed by atoms with Crippen LogP contribution in [0.25, 0.3) is 22.5 Å². The number of benzene rings is 1. The minimum atomic E-state index is -0.609. The van der Waals surface area contributed by atoms with Crippen molar-refractivity contribution in [1.29, 1.82) is 0 Å². The number of aryl methyl sites for hydroxylation is 1. The first-order valence-electron chi connectivity index (χ1n) is 13.9. The molecule has 3 nitrogen and oxygen atoms in total. The van der Waals surface area contributed by atoms with Gasteiger partial charge in [0.25, 0.3) is 0 Å². The number of nitrogens with zero attached hydrogens (tertiary/aromatic N) is 2. The van der Waals surface area contributed by atoms with Crippen LogP contribution in [0.3, 0.4) is 0 Å². The summed E-state index contributed by atoms with van der Waals surface area (Å²) in [6.07, 6.45) is 14.8. The van der Waals surface area contributed by atoms with E-state index in [0.717, 1.165) is 54.5 Å². The number of unbranched alkanes of at least 4 members (excludes halogenated alkanes) is 1. The highest BCUT2D eigenvalue weighted by Crippen LogP contribution is 2.34. The number of hydrogen-bond donors (Lipinski definition) is 0. The minimum Gasteiger partial charge on any atom is -0.378 e. The molecule has 3 aromatic rings. The summed E-state index contributed by atoms with van der Waals surface area (Å²) < 4.78 is 39.9. The zero-order valence-electron chi connectivity index (χ0n) is 23.8. The van der Waals surface area contributed by atoms with Crippen LogP contribution in [-0.4, -0.2) is 22.1 Å². The summed E-state index contributed by atoms with van der Waals surface area (Å²) in [6.45, 7) is 12.9. The Morgan fingerprint density at radius 1 is 1.08 bits per heavy atom. The Labute approximate surface area is 227 Å². The van der Waals surface area contributed by atoms with Gasteiger partial charge in [0.05, 0.1) is 23.1 Å². The number of rotatable bonds is 13. The Kier molecular flexibility index (Phi) is 11.0. The van der Waals surface area contributed by atoms with E-state index in [2.05, 4.69) is 13.8 Å². The third kappa shape index (κ3) is 7.08. The highest BCUT2D eigenvalue weighted by molar-refractivity contribution is 5.79. The molecule has 0 radical (unpaired) electrons. The fourth-order valence-corrected chi connectivity index (χ4v) is 4.66. The molecular formula is C33H42F2N2O. The molecular weight excluding hydrogens is 478 g/mol. The molecule has 1 unspecified atom stereocenters. The van der Waals surface area contributed by atoms with Gasteiger partial charge >= 0.3 is 0 Å². The van der Waals surface area contributed by atoms with Crippen LogP contribution < -0.4 is 0 Å². The lowest BCUT2D eigenvalue weighted by atomic mass is 9.95. The first-order chi connectivity index (χ1) is 18.3. The average molecular weight is 521 g/mol. The van der Waals surface area contributed by atoms with Gasteiger partial charge in [-0.2, -0.15) is 0 Å². The summed E-state index contributed by atoms with van der Waals surface area (Å²) >= 11 is 0. The third-order valence-corrected chi connectivity index (χ3v) is 6.89. The van der Waals surface area contributed by atoms with Crippen LogP contribution in [0, 0.1) is 18.6 Å². The molecule has 0 aliphatic carbocycles. The second-order valence-electron chi connectivity index (χ2n) is 9.93.